The second-order valence-electron chi connectivity index (χ2n) is 5.15. The molecule has 0 aromatic heterocycles. The summed E-state index contributed by atoms with van der Waals surface area (Å²) in [7, 11) is 0. The van der Waals surface area contributed by atoms with E-state index in [1.54, 1.807) is 6.07 Å². The molecule has 102 valence electrons. The molecule has 0 amide bonds. The minimum Gasteiger partial charge on any atom is -0.314 e. The van der Waals surface area contributed by atoms with Crippen molar-refractivity contribution in [3.05, 3.63) is 35.4 Å². The first-order chi connectivity index (χ1) is 8.52. The highest BCUT2D eigenvalue weighted by molar-refractivity contribution is 5.18. The SMILES string of the molecule is CCCNC(C)CC(C)Cc1ccc(F)c(F)c1. The number of benzene rings is 1. The van der Waals surface area contributed by atoms with E-state index in [0.29, 0.717) is 12.0 Å². The molecule has 3 heteroatoms. The fourth-order valence-corrected chi connectivity index (χ4v) is 2.23. The third-order valence-electron chi connectivity index (χ3n) is 3.07. The van der Waals surface area contributed by atoms with Gasteiger partial charge in [-0.3, -0.25) is 0 Å². The number of hydrogen-bond acceptors (Lipinski definition) is 1. The van der Waals surface area contributed by atoms with Crippen molar-refractivity contribution < 1.29 is 8.78 Å². The molecule has 0 radical (unpaired) electrons. The highest BCUT2D eigenvalue weighted by Crippen LogP contribution is 2.16. The summed E-state index contributed by atoms with van der Waals surface area (Å²) in [4.78, 5) is 0. The number of rotatable bonds is 7. The first kappa shape index (κ1) is 15.1. The molecule has 1 nitrogen and oxygen atoms in total. The predicted molar refractivity (Wildman–Crippen MR) is 71.6 cm³/mol. The van der Waals surface area contributed by atoms with Gasteiger partial charge in [-0.25, -0.2) is 8.78 Å². The van der Waals surface area contributed by atoms with Crippen LogP contribution in [0, 0.1) is 17.6 Å². The van der Waals surface area contributed by atoms with Gasteiger partial charge in [-0.1, -0.05) is 19.9 Å². The Morgan fingerprint density at radius 1 is 1.17 bits per heavy atom. The molecule has 0 heterocycles. The van der Waals surface area contributed by atoms with Crippen molar-refractivity contribution in [2.45, 2.75) is 46.1 Å². The summed E-state index contributed by atoms with van der Waals surface area (Å²) in [6.07, 6.45) is 2.95. The number of halogens is 2. The van der Waals surface area contributed by atoms with Gasteiger partial charge in [-0.05, 0) is 56.3 Å². The van der Waals surface area contributed by atoms with Gasteiger partial charge in [0.25, 0.3) is 0 Å². The van der Waals surface area contributed by atoms with E-state index in [1.807, 2.05) is 0 Å². The average Bonchev–Trinajstić information content (AvgIpc) is 2.31. The summed E-state index contributed by atoms with van der Waals surface area (Å²) in [6, 6.07) is 4.63. The maximum Gasteiger partial charge on any atom is 0.159 e. The van der Waals surface area contributed by atoms with Crippen LogP contribution in [0.3, 0.4) is 0 Å². The van der Waals surface area contributed by atoms with Gasteiger partial charge < -0.3 is 5.32 Å². The summed E-state index contributed by atoms with van der Waals surface area (Å²) in [6.45, 7) is 7.48. The maximum absolute atomic E-state index is 13.1. The molecule has 0 saturated heterocycles. The van der Waals surface area contributed by atoms with Crippen LogP contribution in [0.15, 0.2) is 18.2 Å². The monoisotopic (exact) mass is 255 g/mol. The lowest BCUT2D eigenvalue weighted by molar-refractivity contribution is 0.418. The van der Waals surface area contributed by atoms with Crippen molar-refractivity contribution in [3.8, 4) is 0 Å². The molecule has 0 aliphatic carbocycles. The van der Waals surface area contributed by atoms with Crippen molar-refractivity contribution in [2.75, 3.05) is 6.54 Å². The molecule has 0 spiro atoms. The van der Waals surface area contributed by atoms with Crippen molar-refractivity contribution in [1.29, 1.82) is 0 Å². The average molecular weight is 255 g/mol. The fourth-order valence-electron chi connectivity index (χ4n) is 2.23. The molecule has 0 aliphatic rings. The minimum atomic E-state index is -0.774. The predicted octanol–water partition coefficient (Wildman–Crippen LogP) is 3.92. The zero-order valence-electron chi connectivity index (χ0n) is 11.5. The Hall–Kier alpha value is -0.960. The van der Waals surface area contributed by atoms with Crippen molar-refractivity contribution in [2.24, 2.45) is 5.92 Å². The lowest BCUT2D eigenvalue weighted by Gasteiger charge is -2.18. The van der Waals surface area contributed by atoms with Crippen molar-refractivity contribution in [1.82, 2.24) is 5.32 Å². The molecule has 2 unspecified atom stereocenters. The van der Waals surface area contributed by atoms with Gasteiger partial charge in [0.2, 0.25) is 0 Å². The van der Waals surface area contributed by atoms with Gasteiger partial charge in [-0.15, -0.1) is 0 Å². The molecule has 0 fully saturated rings. The van der Waals surface area contributed by atoms with Crippen molar-refractivity contribution >= 4 is 0 Å². The summed E-state index contributed by atoms with van der Waals surface area (Å²) >= 11 is 0. The van der Waals surface area contributed by atoms with Crippen LogP contribution >= 0.6 is 0 Å². The van der Waals surface area contributed by atoms with Crippen LogP contribution in [0.1, 0.15) is 39.2 Å². The first-order valence-electron chi connectivity index (χ1n) is 6.70. The van der Waals surface area contributed by atoms with E-state index in [-0.39, 0.29) is 0 Å². The lowest BCUT2D eigenvalue weighted by atomic mass is 9.95. The van der Waals surface area contributed by atoms with Crippen LogP contribution in [0.4, 0.5) is 8.78 Å². The second kappa shape index (κ2) is 7.47. The highest BCUT2D eigenvalue weighted by Gasteiger charge is 2.10. The van der Waals surface area contributed by atoms with Gasteiger partial charge in [0.1, 0.15) is 0 Å². The van der Waals surface area contributed by atoms with E-state index in [0.717, 1.165) is 31.4 Å². The Labute approximate surface area is 109 Å². The summed E-state index contributed by atoms with van der Waals surface area (Å²) < 4.78 is 25.9. The van der Waals surface area contributed by atoms with Crippen LogP contribution in [-0.2, 0) is 6.42 Å². The molecule has 1 N–H and O–H groups in total. The summed E-state index contributed by atoms with van der Waals surface area (Å²) in [5.41, 5.74) is 0.865. The van der Waals surface area contributed by atoms with E-state index < -0.39 is 11.6 Å². The second-order valence-corrected chi connectivity index (χ2v) is 5.15. The first-order valence-corrected chi connectivity index (χ1v) is 6.70. The molecule has 18 heavy (non-hydrogen) atoms. The van der Waals surface area contributed by atoms with E-state index in [2.05, 4.69) is 26.1 Å². The van der Waals surface area contributed by atoms with Crippen LogP contribution in [0.2, 0.25) is 0 Å². The van der Waals surface area contributed by atoms with Gasteiger partial charge in [0, 0.05) is 6.04 Å². The van der Waals surface area contributed by atoms with Gasteiger partial charge in [-0.2, -0.15) is 0 Å². The zero-order chi connectivity index (χ0) is 13.5. The molecular weight excluding hydrogens is 232 g/mol. The van der Waals surface area contributed by atoms with Crippen LogP contribution < -0.4 is 5.32 Å². The largest absolute Gasteiger partial charge is 0.314 e. The molecule has 0 saturated carbocycles. The molecule has 2 atom stereocenters. The van der Waals surface area contributed by atoms with Gasteiger partial charge >= 0.3 is 0 Å². The molecular formula is C15H23F2N. The standard InChI is InChI=1S/C15H23F2N/c1-4-7-18-12(3)8-11(2)9-13-5-6-14(16)15(17)10-13/h5-6,10-12,18H,4,7-9H2,1-3H3. The minimum absolute atomic E-state index is 0.453. The van der Waals surface area contributed by atoms with Gasteiger partial charge in [0.05, 0.1) is 0 Å². The maximum atomic E-state index is 13.1. The van der Waals surface area contributed by atoms with E-state index in [9.17, 15) is 8.78 Å². The lowest BCUT2D eigenvalue weighted by Crippen LogP contribution is -2.28. The Morgan fingerprint density at radius 3 is 2.50 bits per heavy atom. The van der Waals surface area contributed by atoms with E-state index >= 15 is 0 Å². The van der Waals surface area contributed by atoms with Crippen LogP contribution in [-0.4, -0.2) is 12.6 Å². The Morgan fingerprint density at radius 2 is 1.89 bits per heavy atom. The quantitative estimate of drug-likeness (QED) is 0.778. The topological polar surface area (TPSA) is 12.0 Å². The Kier molecular flexibility index (Phi) is 6.27. The third kappa shape index (κ3) is 5.13. The number of hydrogen-bond donors (Lipinski definition) is 1. The summed E-state index contributed by atoms with van der Waals surface area (Å²) in [5, 5.41) is 3.44. The summed E-state index contributed by atoms with van der Waals surface area (Å²) in [5.74, 6) is -1.07. The highest BCUT2D eigenvalue weighted by atomic mass is 19.2. The van der Waals surface area contributed by atoms with Crippen LogP contribution in [0.25, 0.3) is 0 Å². The van der Waals surface area contributed by atoms with Gasteiger partial charge in [0.15, 0.2) is 11.6 Å². The Bertz CT molecular complexity index is 366. The zero-order valence-corrected chi connectivity index (χ0v) is 11.5. The molecule has 0 bridgehead atoms. The smallest absolute Gasteiger partial charge is 0.159 e. The van der Waals surface area contributed by atoms with E-state index in [4.69, 9.17) is 0 Å². The molecule has 0 aliphatic heterocycles. The number of nitrogens with one attached hydrogen (secondary N) is 1. The van der Waals surface area contributed by atoms with E-state index in [1.165, 1.54) is 12.1 Å². The molecule has 1 rings (SSSR count). The third-order valence-corrected chi connectivity index (χ3v) is 3.07. The van der Waals surface area contributed by atoms with Crippen molar-refractivity contribution in [3.63, 3.8) is 0 Å². The Balaban J connectivity index is 2.43. The van der Waals surface area contributed by atoms with Crippen LogP contribution in [0.5, 0.6) is 0 Å². The molecule has 1 aromatic rings. The molecule has 1 aromatic carbocycles. The fraction of sp³-hybridized carbons (Fsp3) is 0.600. The normalized spacial score (nSPS) is 14.5.